The summed E-state index contributed by atoms with van der Waals surface area (Å²) in [6.45, 7) is 4.36. The van der Waals surface area contributed by atoms with Crippen LogP contribution in [0.4, 0.5) is 16.2 Å². The Morgan fingerprint density at radius 3 is 2.75 bits per heavy atom. The fourth-order valence-electron chi connectivity index (χ4n) is 3.54. The van der Waals surface area contributed by atoms with E-state index in [0.717, 1.165) is 18.5 Å². The number of rotatable bonds is 3. The molecule has 0 aliphatic carbocycles. The monoisotopic (exact) mass is 426 g/mol. The van der Waals surface area contributed by atoms with Crippen molar-refractivity contribution in [3.8, 4) is 0 Å². The second kappa shape index (κ2) is 7.76. The van der Waals surface area contributed by atoms with Crippen LogP contribution in [0.1, 0.15) is 19.5 Å². The van der Waals surface area contributed by atoms with Crippen molar-refractivity contribution in [1.82, 2.24) is 19.9 Å². The van der Waals surface area contributed by atoms with Crippen molar-refractivity contribution in [2.24, 2.45) is 11.7 Å². The van der Waals surface area contributed by atoms with Gasteiger partial charge >= 0.3 is 0 Å². The van der Waals surface area contributed by atoms with E-state index in [-0.39, 0.29) is 24.1 Å². The average Bonchev–Trinajstić information content (AvgIpc) is 3.06. The number of anilines is 1. The molecule has 0 radical (unpaired) electrons. The molecule has 8 nitrogen and oxygen atoms in total. The molecule has 4 heterocycles. The number of aromatic nitrogens is 4. The van der Waals surface area contributed by atoms with E-state index in [4.69, 9.17) is 5.73 Å². The van der Waals surface area contributed by atoms with Crippen LogP contribution in [0.2, 0.25) is 0 Å². The Kier molecular flexibility index (Phi) is 5.74. The molecule has 2 aliphatic heterocycles. The van der Waals surface area contributed by atoms with Crippen LogP contribution in [0.25, 0.3) is 0 Å². The lowest BCUT2D eigenvalue weighted by Gasteiger charge is -2.25. The van der Waals surface area contributed by atoms with E-state index in [2.05, 4.69) is 19.9 Å². The summed E-state index contributed by atoms with van der Waals surface area (Å²) in [7, 11) is 0. The molecule has 1 saturated heterocycles. The van der Waals surface area contributed by atoms with Gasteiger partial charge in [-0.1, -0.05) is 11.8 Å². The molecule has 0 bridgehead atoms. The maximum Gasteiger partial charge on any atom is 0.281 e. The molecule has 2 aromatic rings. The molecule has 0 unspecified atom stereocenters. The topological polar surface area (TPSA) is 104 Å². The number of hydrogen-bond donors (Lipinski definition) is 2. The van der Waals surface area contributed by atoms with Crippen LogP contribution >= 0.6 is 24.2 Å². The molecule has 4 rings (SSSR count). The van der Waals surface area contributed by atoms with E-state index in [9.17, 15) is 9.50 Å². The summed E-state index contributed by atoms with van der Waals surface area (Å²) in [6.07, 6.45) is 6.08. The molecule has 0 saturated carbocycles. The quantitative estimate of drug-likeness (QED) is 0.707. The highest BCUT2D eigenvalue weighted by Gasteiger charge is 2.43. The zero-order valence-electron chi connectivity index (χ0n) is 15.5. The van der Waals surface area contributed by atoms with Gasteiger partial charge in [0.05, 0.1) is 18.9 Å². The summed E-state index contributed by atoms with van der Waals surface area (Å²) >= 11 is 1.59. The van der Waals surface area contributed by atoms with E-state index < -0.39 is 11.4 Å². The first kappa shape index (κ1) is 20.7. The lowest BCUT2D eigenvalue weighted by Crippen LogP contribution is -2.42. The summed E-state index contributed by atoms with van der Waals surface area (Å²) in [5.41, 5.74) is 4.87. The van der Waals surface area contributed by atoms with Crippen LogP contribution in [-0.2, 0) is 5.60 Å². The summed E-state index contributed by atoms with van der Waals surface area (Å²) in [5, 5.41) is 10.9. The number of hydrogen-bond acceptors (Lipinski definition) is 8. The van der Waals surface area contributed by atoms with Crippen molar-refractivity contribution < 1.29 is 14.1 Å². The predicted molar refractivity (Wildman–Crippen MR) is 108 cm³/mol. The zero-order chi connectivity index (χ0) is 19.2. The molecule has 0 spiro atoms. The Bertz CT molecular complexity index is 893. The Morgan fingerprint density at radius 2 is 2.07 bits per heavy atom. The lowest BCUT2D eigenvalue weighted by molar-refractivity contribution is -0.490. The molecule has 3 N–H and O–H groups in total. The fraction of sp³-hybridized carbons (Fsp3) is 0.471. The van der Waals surface area contributed by atoms with Crippen molar-refractivity contribution in [1.29, 1.82) is 0 Å². The first-order valence-corrected chi connectivity index (χ1v) is 9.64. The fourth-order valence-corrected chi connectivity index (χ4v) is 4.62. The molecule has 0 amide bonds. The second-order valence-electron chi connectivity index (χ2n) is 7.24. The van der Waals surface area contributed by atoms with Crippen molar-refractivity contribution in [3.63, 3.8) is 0 Å². The number of halogens is 2. The molecule has 2 atom stereocenters. The highest BCUT2D eigenvalue weighted by atomic mass is 35.5. The minimum Gasteiger partial charge on any atom is -0.384 e. The number of nitrogens with two attached hydrogens (primary N) is 1. The molecular formula is C17H22ClFN7OS+. The van der Waals surface area contributed by atoms with Gasteiger partial charge in [-0.2, -0.15) is 0 Å². The van der Waals surface area contributed by atoms with Crippen LogP contribution in [-0.4, -0.2) is 59.7 Å². The van der Waals surface area contributed by atoms with Crippen LogP contribution in [0.5, 0.6) is 0 Å². The minimum absolute atomic E-state index is 0. The van der Waals surface area contributed by atoms with Crippen molar-refractivity contribution in [2.45, 2.75) is 25.5 Å². The Labute approximate surface area is 172 Å². The molecule has 2 aliphatic rings. The van der Waals surface area contributed by atoms with Gasteiger partial charge in [0.15, 0.2) is 5.82 Å². The third kappa shape index (κ3) is 3.76. The van der Waals surface area contributed by atoms with E-state index in [1.807, 2.05) is 9.48 Å². The van der Waals surface area contributed by atoms with E-state index in [0.29, 0.717) is 29.4 Å². The lowest BCUT2D eigenvalue weighted by atomic mass is 10.1. The van der Waals surface area contributed by atoms with Crippen LogP contribution in [0.3, 0.4) is 0 Å². The van der Waals surface area contributed by atoms with Gasteiger partial charge in [0.2, 0.25) is 5.95 Å². The molecule has 1 fully saturated rings. The second-order valence-corrected chi connectivity index (χ2v) is 8.28. The highest BCUT2D eigenvalue weighted by Crippen LogP contribution is 2.33. The van der Waals surface area contributed by atoms with Gasteiger partial charge in [-0.25, -0.2) is 18.9 Å². The summed E-state index contributed by atoms with van der Waals surface area (Å²) in [4.78, 5) is 19.0. The SMILES string of the molecule is CC(C)(O)c1nc(N2C[C@H]3CSC(N)=[N+](c4cnccn4)[C@H]3C2)ncc1F.Cl. The molecule has 150 valence electrons. The van der Waals surface area contributed by atoms with Gasteiger partial charge < -0.3 is 15.7 Å². The van der Waals surface area contributed by atoms with Gasteiger partial charge in [-0.05, 0) is 13.8 Å². The number of amidine groups is 1. The van der Waals surface area contributed by atoms with Crippen LogP contribution < -0.4 is 10.6 Å². The normalized spacial score (nSPS) is 22.1. The summed E-state index contributed by atoms with van der Waals surface area (Å²) in [6, 6.07) is 0.0992. The largest absolute Gasteiger partial charge is 0.384 e. The Morgan fingerprint density at radius 1 is 1.29 bits per heavy atom. The first-order valence-electron chi connectivity index (χ1n) is 8.65. The maximum absolute atomic E-state index is 14.0. The van der Waals surface area contributed by atoms with Crippen molar-refractivity contribution in [2.75, 3.05) is 23.7 Å². The molecule has 0 aromatic carbocycles. The molecule has 2 aromatic heterocycles. The van der Waals surface area contributed by atoms with Crippen LogP contribution in [0, 0.1) is 11.7 Å². The van der Waals surface area contributed by atoms with Crippen molar-refractivity contribution >= 4 is 41.1 Å². The van der Waals surface area contributed by atoms with Gasteiger partial charge in [-0.15, -0.1) is 17.4 Å². The average molecular weight is 427 g/mol. The maximum atomic E-state index is 14.0. The summed E-state index contributed by atoms with van der Waals surface area (Å²) < 4.78 is 16.0. The zero-order valence-corrected chi connectivity index (χ0v) is 17.1. The highest BCUT2D eigenvalue weighted by molar-refractivity contribution is 8.13. The third-order valence-electron chi connectivity index (χ3n) is 4.81. The van der Waals surface area contributed by atoms with Gasteiger partial charge in [0.25, 0.3) is 11.0 Å². The van der Waals surface area contributed by atoms with E-state index >= 15 is 0 Å². The van der Waals surface area contributed by atoms with Crippen LogP contribution in [0.15, 0.2) is 24.8 Å². The first-order chi connectivity index (χ1) is 12.8. The third-order valence-corrected chi connectivity index (χ3v) is 5.90. The predicted octanol–water partition coefficient (Wildman–Crippen LogP) is 1.27. The number of aliphatic hydroxyl groups is 1. The smallest absolute Gasteiger partial charge is 0.281 e. The molecule has 28 heavy (non-hydrogen) atoms. The number of thioether (sulfide) groups is 1. The minimum atomic E-state index is -1.38. The van der Waals surface area contributed by atoms with Gasteiger partial charge in [0, 0.05) is 18.2 Å². The molecule has 11 heteroatoms. The number of nitrogens with zero attached hydrogens (tertiary/aromatic N) is 6. The van der Waals surface area contributed by atoms with E-state index in [1.165, 1.54) is 13.8 Å². The van der Waals surface area contributed by atoms with Crippen molar-refractivity contribution in [3.05, 3.63) is 36.3 Å². The van der Waals surface area contributed by atoms with E-state index in [1.54, 1.807) is 30.4 Å². The Hall–Kier alpha value is -2.04. The van der Waals surface area contributed by atoms with Gasteiger partial charge in [0.1, 0.15) is 29.7 Å². The summed E-state index contributed by atoms with van der Waals surface area (Å²) in [5.74, 6) is 1.70. The Balaban J connectivity index is 0.00000225. The standard InChI is InChI=1S/C17H20FN7OS.ClH/c1-17(2,26)14-11(18)5-22-16(23-14)24-7-10-9-27-15(19)25(12(10)8-24)13-6-20-3-4-21-13;/h3-6,10,12,19,26H,7-9H2,1-2H3;1H/p+1/t10-,12-;/m0./s1. The van der Waals surface area contributed by atoms with Gasteiger partial charge in [-0.3, -0.25) is 4.98 Å². The number of fused-ring (bicyclic) bond motifs is 1. The molecular weight excluding hydrogens is 405 g/mol.